The molecular weight excluding hydrogens is 272 g/mol. The third kappa shape index (κ3) is 2.61. The fourth-order valence-corrected chi connectivity index (χ4v) is 2.75. The van der Waals surface area contributed by atoms with Crippen LogP contribution in [0.2, 0.25) is 0 Å². The van der Waals surface area contributed by atoms with E-state index < -0.39 is 0 Å². The van der Waals surface area contributed by atoms with Crippen LogP contribution >= 0.6 is 15.9 Å². The number of alkyl halides is 1. The predicted octanol–water partition coefficient (Wildman–Crippen LogP) is 1.44. The van der Waals surface area contributed by atoms with Crippen LogP contribution in [0.5, 0.6) is 0 Å². The second-order valence-electron chi connectivity index (χ2n) is 4.09. The van der Waals surface area contributed by atoms with Gasteiger partial charge in [-0.05, 0) is 25.2 Å². The maximum absolute atomic E-state index is 12.0. The minimum Gasteiger partial charge on any atom is -0.337 e. The van der Waals surface area contributed by atoms with E-state index in [9.17, 15) is 4.79 Å². The van der Waals surface area contributed by atoms with Gasteiger partial charge in [0.1, 0.15) is 0 Å². The van der Waals surface area contributed by atoms with Gasteiger partial charge in [0.15, 0.2) is 5.69 Å². The lowest BCUT2D eigenvalue weighted by molar-refractivity contribution is 0.0666. The van der Waals surface area contributed by atoms with Crippen LogP contribution in [0.15, 0.2) is 6.20 Å². The summed E-state index contributed by atoms with van der Waals surface area (Å²) in [5.41, 5.74) is 0.416. The first-order valence-corrected chi connectivity index (χ1v) is 6.64. The van der Waals surface area contributed by atoms with Crippen molar-refractivity contribution in [3.63, 3.8) is 0 Å². The van der Waals surface area contributed by atoms with Crippen molar-refractivity contribution < 1.29 is 4.79 Å². The van der Waals surface area contributed by atoms with Gasteiger partial charge in [0.05, 0.1) is 6.20 Å². The number of aromatic amines is 1. The molecule has 1 fully saturated rings. The van der Waals surface area contributed by atoms with Gasteiger partial charge in [-0.1, -0.05) is 15.9 Å². The van der Waals surface area contributed by atoms with Gasteiger partial charge in [0.25, 0.3) is 5.91 Å². The molecule has 1 aromatic heterocycles. The van der Waals surface area contributed by atoms with Gasteiger partial charge in [-0.3, -0.25) is 4.79 Å². The van der Waals surface area contributed by atoms with E-state index in [1.165, 1.54) is 12.6 Å². The molecule has 0 aliphatic carbocycles. The lowest BCUT2D eigenvalue weighted by Gasteiger charge is -2.32. The van der Waals surface area contributed by atoms with Gasteiger partial charge in [-0.25, -0.2) is 0 Å². The van der Waals surface area contributed by atoms with Crippen LogP contribution in [-0.4, -0.2) is 44.6 Å². The fourth-order valence-electron chi connectivity index (χ4n) is 2.11. The highest BCUT2D eigenvalue weighted by Gasteiger charge is 2.25. The monoisotopic (exact) mass is 286 g/mol. The van der Waals surface area contributed by atoms with Crippen molar-refractivity contribution in [2.75, 3.05) is 18.4 Å². The van der Waals surface area contributed by atoms with Crippen LogP contribution in [0.25, 0.3) is 0 Å². The van der Waals surface area contributed by atoms with Crippen molar-refractivity contribution in [1.29, 1.82) is 0 Å². The maximum Gasteiger partial charge on any atom is 0.276 e. The number of H-pyrrole nitrogens is 1. The largest absolute Gasteiger partial charge is 0.337 e. The molecule has 5 nitrogen and oxygen atoms in total. The number of carbonyl (C=O) groups is 1. The van der Waals surface area contributed by atoms with Crippen LogP contribution < -0.4 is 0 Å². The topological polar surface area (TPSA) is 61.9 Å². The van der Waals surface area contributed by atoms with Gasteiger partial charge >= 0.3 is 0 Å². The zero-order valence-electron chi connectivity index (χ0n) is 9.03. The highest BCUT2D eigenvalue weighted by molar-refractivity contribution is 9.09. The molecule has 16 heavy (non-hydrogen) atoms. The Kier molecular flexibility index (Phi) is 3.93. The Morgan fingerprint density at radius 2 is 2.56 bits per heavy atom. The van der Waals surface area contributed by atoms with Crippen molar-refractivity contribution in [3.8, 4) is 0 Å². The highest BCUT2D eigenvalue weighted by Crippen LogP contribution is 2.21. The predicted molar refractivity (Wildman–Crippen MR) is 63.4 cm³/mol. The summed E-state index contributed by atoms with van der Waals surface area (Å²) in [6.45, 7) is 1.68. The van der Waals surface area contributed by atoms with Crippen molar-refractivity contribution in [2.45, 2.75) is 19.3 Å². The number of carbonyl (C=O) groups excluding carboxylic acids is 1. The molecule has 1 N–H and O–H groups in total. The third-order valence-corrected chi connectivity index (χ3v) is 3.42. The molecule has 0 radical (unpaired) electrons. The Morgan fingerprint density at radius 1 is 1.69 bits per heavy atom. The molecule has 1 unspecified atom stereocenters. The first kappa shape index (κ1) is 11.6. The smallest absolute Gasteiger partial charge is 0.276 e. The third-order valence-electron chi connectivity index (χ3n) is 2.96. The van der Waals surface area contributed by atoms with Crippen LogP contribution in [0.1, 0.15) is 29.8 Å². The van der Waals surface area contributed by atoms with Gasteiger partial charge in [-0.15, -0.1) is 0 Å². The summed E-state index contributed by atoms with van der Waals surface area (Å²) < 4.78 is 0. The number of rotatable bonds is 3. The van der Waals surface area contributed by atoms with Crippen molar-refractivity contribution in [2.24, 2.45) is 5.92 Å². The minimum atomic E-state index is -0.00646. The van der Waals surface area contributed by atoms with Gasteiger partial charge in [0.2, 0.25) is 0 Å². The van der Waals surface area contributed by atoms with Crippen molar-refractivity contribution >= 4 is 21.8 Å². The number of halogens is 1. The molecule has 0 spiro atoms. The Morgan fingerprint density at radius 3 is 3.25 bits per heavy atom. The molecule has 2 rings (SSSR count). The number of amides is 1. The number of hydrogen-bond acceptors (Lipinski definition) is 3. The number of piperidine rings is 1. The minimum absolute atomic E-state index is 0.00646. The summed E-state index contributed by atoms with van der Waals surface area (Å²) in [6.07, 6.45) is 4.91. The average Bonchev–Trinajstić information content (AvgIpc) is 2.82. The standard InChI is InChI=1S/C10H15BrN4O/c11-4-3-8-2-1-5-15(7-8)10(16)9-6-12-14-13-9/h6,8H,1-5,7H2,(H,12,13,14). The summed E-state index contributed by atoms with van der Waals surface area (Å²) in [6, 6.07) is 0. The van der Waals surface area contributed by atoms with Crippen LogP contribution in [0, 0.1) is 5.92 Å². The van der Waals surface area contributed by atoms with Gasteiger partial charge in [-0.2, -0.15) is 15.4 Å². The normalized spacial score (nSPS) is 21.1. The average molecular weight is 287 g/mol. The molecule has 1 aliphatic rings. The maximum atomic E-state index is 12.0. The van der Waals surface area contributed by atoms with Gasteiger partial charge < -0.3 is 4.90 Å². The zero-order chi connectivity index (χ0) is 11.4. The van der Waals surface area contributed by atoms with E-state index in [-0.39, 0.29) is 5.91 Å². The number of hydrogen-bond donors (Lipinski definition) is 1. The molecule has 1 saturated heterocycles. The molecule has 0 aromatic carbocycles. The van der Waals surface area contributed by atoms with Crippen LogP contribution in [0.3, 0.4) is 0 Å². The Bertz CT molecular complexity index is 339. The Hall–Kier alpha value is -0.910. The SMILES string of the molecule is O=C(c1cn[nH]n1)N1CCCC(CCBr)C1. The lowest BCUT2D eigenvalue weighted by atomic mass is 9.95. The molecule has 1 amide bonds. The molecule has 0 saturated carbocycles. The second kappa shape index (κ2) is 5.43. The number of nitrogens with one attached hydrogen (secondary N) is 1. The first-order valence-electron chi connectivity index (χ1n) is 5.52. The molecule has 1 aromatic rings. The van der Waals surface area contributed by atoms with Crippen molar-refractivity contribution in [1.82, 2.24) is 20.3 Å². The number of aromatic nitrogens is 3. The van der Waals surface area contributed by atoms with E-state index in [1.807, 2.05) is 4.90 Å². The molecule has 6 heteroatoms. The molecule has 1 atom stereocenters. The van der Waals surface area contributed by atoms with Gasteiger partial charge in [0, 0.05) is 18.4 Å². The Labute approximate surface area is 103 Å². The quantitative estimate of drug-likeness (QED) is 0.856. The lowest BCUT2D eigenvalue weighted by Crippen LogP contribution is -2.40. The fraction of sp³-hybridized carbons (Fsp3) is 0.700. The van der Waals surface area contributed by atoms with Crippen LogP contribution in [-0.2, 0) is 0 Å². The van der Waals surface area contributed by atoms with E-state index in [4.69, 9.17) is 0 Å². The van der Waals surface area contributed by atoms with E-state index in [0.717, 1.165) is 31.3 Å². The summed E-state index contributed by atoms with van der Waals surface area (Å²) in [4.78, 5) is 13.9. The molecule has 1 aliphatic heterocycles. The van der Waals surface area contributed by atoms with E-state index in [0.29, 0.717) is 11.6 Å². The first-order chi connectivity index (χ1) is 7.81. The summed E-state index contributed by atoms with van der Waals surface area (Å²) >= 11 is 3.45. The zero-order valence-corrected chi connectivity index (χ0v) is 10.6. The van der Waals surface area contributed by atoms with E-state index >= 15 is 0 Å². The number of likely N-dealkylation sites (tertiary alicyclic amines) is 1. The van der Waals surface area contributed by atoms with E-state index in [2.05, 4.69) is 31.3 Å². The van der Waals surface area contributed by atoms with Crippen molar-refractivity contribution in [3.05, 3.63) is 11.9 Å². The molecule has 2 heterocycles. The molecule has 0 bridgehead atoms. The molecular formula is C10H15BrN4O. The molecule has 88 valence electrons. The summed E-state index contributed by atoms with van der Waals surface area (Å²) in [5.74, 6) is 0.608. The van der Waals surface area contributed by atoms with E-state index in [1.54, 1.807) is 0 Å². The second-order valence-corrected chi connectivity index (χ2v) is 4.89. The summed E-state index contributed by atoms with van der Waals surface area (Å²) in [5, 5.41) is 11.0. The van der Waals surface area contributed by atoms with Crippen LogP contribution in [0.4, 0.5) is 0 Å². The number of nitrogens with zero attached hydrogens (tertiary/aromatic N) is 3. The Balaban J connectivity index is 1.96. The summed E-state index contributed by atoms with van der Waals surface area (Å²) in [7, 11) is 0. The highest BCUT2D eigenvalue weighted by atomic mass is 79.9.